The molecule has 19 heavy (non-hydrogen) atoms. The van der Waals surface area contributed by atoms with Crippen LogP contribution in [0, 0.1) is 0 Å². The first-order valence-electron chi connectivity index (χ1n) is 7.53. The van der Waals surface area contributed by atoms with Gasteiger partial charge < -0.3 is 10.1 Å². The molecule has 1 fully saturated rings. The number of ether oxygens (including phenoxy) is 1. The molecular formula is C15H27N3O. The molecule has 2 heterocycles. The average molecular weight is 265 g/mol. The summed E-state index contributed by atoms with van der Waals surface area (Å²) < 4.78 is 7.86. The molecule has 108 valence electrons. The van der Waals surface area contributed by atoms with Crippen molar-refractivity contribution in [2.75, 3.05) is 13.7 Å². The number of rotatable bonds is 6. The van der Waals surface area contributed by atoms with Gasteiger partial charge in [0.05, 0.1) is 11.8 Å². The minimum atomic E-state index is 0.435. The van der Waals surface area contributed by atoms with Crippen molar-refractivity contribution in [2.45, 2.75) is 57.6 Å². The van der Waals surface area contributed by atoms with Gasteiger partial charge in [-0.2, -0.15) is 5.10 Å². The van der Waals surface area contributed by atoms with Gasteiger partial charge in [0.15, 0.2) is 0 Å². The summed E-state index contributed by atoms with van der Waals surface area (Å²) in [4.78, 5) is 0. The average Bonchev–Trinajstić information content (AvgIpc) is 2.80. The lowest BCUT2D eigenvalue weighted by atomic mass is 9.99. The van der Waals surface area contributed by atoms with Gasteiger partial charge in [-0.1, -0.05) is 6.92 Å². The number of nitrogens with zero attached hydrogens (tertiary/aromatic N) is 2. The Morgan fingerprint density at radius 1 is 1.53 bits per heavy atom. The van der Waals surface area contributed by atoms with Crippen LogP contribution in [-0.2, 0) is 24.6 Å². The van der Waals surface area contributed by atoms with Gasteiger partial charge >= 0.3 is 0 Å². The molecule has 1 aliphatic heterocycles. The van der Waals surface area contributed by atoms with Crippen LogP contribution in [0.4, 0.5) is 0 Å². The van der Waals surface area contributed by atoms with Gasteiger partial charge in [0.1, 0.15) is 0 Å². The third kappa shape index (κ3) is 4.05. The van der Waals surface area contributed by atoms with Crippen LogP contribution in [0.5, 0.6) is 0 Å². The molecule has 0 spiro atoms. The second-order valence-corrected chi connectivity index (χ2v) is 5.52. The quantitative estimate of drug-likeness (QED) is 0.856. The fourth-order valence-electron chi connectivity index (χ4n) is 2.80. The van der Waals surface area contributed by atoms with E-state index in [-0.39, 0.29) is 0 Å². The maximum Gasteiger partial charge on any atom is 0.0624 e. The lowest BCUT2D eigenvalue weighted by Gasteiger charge is -2.26. The van der Waals surface area contributed by atoms with E-state index in [0.717, 1.165) is 25.9 Å². The zero-order valence-electron chi connectivity index (χ0n) is 12.5. The van der Waals surface area contributed by atoms with Crippen LogP contribution >= 0.6 is 0 Å². The molecule has 2 unspecified atom stereocenters. The Hall–Kier alpha value is -0.870. The molecule has 1 aromatic rings. The van der Waals surface area contributed by atoms with Crippen LogP contribution in [0.25, 0.3) is 0 Å². The molecule has 0 amide bonds. The van der Waals surface area contributed by atoms with Crippen LogP contribution < -0.4 is 5.32 Å². The summed E-state index contributed by atoms with van der Waals surface area (Å²) in [6.45, 7) is 3.09. The highest BCUT2D eigenvalue weighted by molar-refractivity contribution is 5.11. The molecule has 1 aliphatic rings. The summed E-state index contributed by atoms with van der Waals surface area (Å²) in [7, 11) is 4.09. The predicted molar refractivity (Wildman–Crippen MR) is 77.3 cm³/mol. The van der Waals surface area contributed by atoms with Crippen molar-refractivity contribution in [3.05, 3.63) is 17.5 Å². The molecule has 1 aromatic heterocycles. The summed E-state index contributed by atoms with van der Waals surface area (Å²) in [6, 6.07) is 2.70. The van der Waals surface area contributed by atoms with E-state index in [1.807, 2.05) is 18.8 Å². The highest BCUT2D eigenvalue weighted by Gasteiger charge is 2.20. The van der Waals surface area contributed by atoms with Crippen LogP contribution in [0.15, 0.2) is 6.07 Å². The number of likely N-dealkylation sites (N-methyl/N-ethyl adjacent to an activating group) is 1. The summed E-state index contributed by atoms with van der Waals surface area (Å²) in [5.41, 5.74) is 2.49. The number of aromatic nitrogens is 2. The second kappa shape index (κ2) is 7.06. The van der Waals surface area contributed by atoms with Crippen molar-refractivity contribution in [1.29, 1.82) is 0 Å². The fraction of sp³-hybridized carbons (Fsp3) is 0.800. The van der Waals surface area contributed by atoms with E-state index in [4.69, 9.17) is 4.74 Å². The number of aryl methyl sites for hydroxylation is 2. The van der Waals surface area contributed by atoms with E-state index in [0.29, 0.717) is 12.1 Å². The number of hydrogen-bond acceptors (Lipinski definition) is 3. The first-order valence-corrected chi connectivity index (χ1v) is 7.53. The highest BCUT2D eigenvalue weighted by atomic mass is 16.5. The van der Waals surface area contributed by atoms with Crippen molar-refractivity contribution in [2.24, 2.45) is 7.05 Å². The third-order valence-corrected chi connectivity index (χ3v) is 4.07. The van der Waals surface area contributed by atoms with Gasteiger partial charge in [-0.3, -0.25) is 4.68 Å². The first-order chi connectivity index (χ1) is 9.22. The van der Waals surface area contributed by atoms with Crippen molar-refractivity contribution >= 4 is 0 Å². The van der Waals surface area contributed by atoms with Crippen molar-refractivity contribution in [3.8, 4) is 0 Å². The molecule has 0 bridgehead atoms. The van der Waals surface area contributed by atoms with Crippen molar-refractivity contribution in [1.82, 2.24) is 15.1 Å². The largest absolute Gasteiger partial charge is 0.378 e. The van der Waals surface area contributed by atoms with Gasteiger partial charge in [0.25, 0.3) is 0 Å². The topological polar surface area (TPSA) is 39.1 Å². The Bertz CT molecular complexity index is 383. The van der Waals surface area contributed by atoms with Gasteiger partial charge in [0.2, 0.25) is 0 Å². The van der Waals surface area contributed by atoms with Gasteiger partial charge in [-0.05, 0) is 45.2 Å². The number of nitrogens with one attached hydrogen (secondary N) is 1. The van der Waals surface area contributed by atoms with E-state index >= 15 is 0 Å². The van der Waals surface area contributed by atoms with E-state index < -0.39 is 0 Å². The highest BCUT2D eigenvalue weighted by Crippen LogP contribution is 2.19. The maximum atomic E-state index is 5.84. The summed E-state index contributed by atoms with van der Waals surface area (Å²) in [5, 5.41) is 7.95. The summed E-state index contributed by atoms with van der Waals surface area (Å²) in [5.74, 6) is 0. The molecule has 0 aliphatic carbocycles. The molecular weight excluding hydrogens is 238 g/mol. The van der Waals surface area contributed by atoms with E-state index in [9.17, 15) is 0 Å². The summed E-state index contributed by atoms with van der Waals surface area (Å²) >= 11 is 0. The number of hydrogen-bond donors (Lipinski definition) is 1. The van der Waals surface area contributed by atoms with Crippen LogP contribution in [0.1, 0.15) is 44.0 Å². The normalized spacial score (nSPS) is 21.5. The molecule has 2 atom stereocenters. The summed E-state index contributed by atoms with van der Waals surface area (Å²) in [6.07, 6.45) is 7.32. The molecule has 1 saturated heterocycles. The fourth-order valence-corrected chi connectivity index (χ4v) is 2.80. The Balaban J connectivity index is 1.91. The smallest absolute Gasteiger partial charge is 0.0624 e. The lowest BCUT2D eigenvalue weighted by molar-refractivity contribution is 0.00559. The molecule has 4 nitrogen and oxygen atoms in total. The SMILES string of the molecule is CCc1cc(CC(CC2CCCCO2)NC)n(C)n1. The van der Waals surface area contributed by atoms with Gasteiger partial charge in [-0.25, -0.2) is 0 Å². The minimum Gasteiger partial charge on any atom is -0.378 e. The van der Waals surface area contributed by atoms with E-state index in [1.165, 1.54) is 30.7 Å². The Labute approximate surface area is 116 Å². The molecule has 1 N–H and O–H groups in total. The first kappa shape index (κ1) is 14.5. The second-order valence-electron chi connectivity index (χ2n) is 5.52. The van der Waals surface area contributed by atoms with Crippen LogP contribution in [0.3, 0.4) is 0 Å². The molecule has 0 aromatic carbocycles. The lowest BCUT2D eigenvalue weighted by Crippen LogP contribution is -2.34. The monoisotopic (exact) mass is 265 g/mol. The van der Waals surface area contributed by atoms with Gasteiger partial charge in [0, 0.05) is 31.8 Å². The Morgan fingerprint density at radius 2 is 2.37 bits per heavy atom. The molecule has 0 saturated carbocycles. The van der Waals surface area contributed by atoms with Crippen LogP contribution in [-0.4, -0.2) is 35.6 Å². The molecule has 2 rings (SSSR count). The van der Waals surface area contributed by atoms with Crippen molar-refractivity contribution in [3.63, 3.8) is 0 Å². The van der Waals surface area contributed by atoms with Crippen molar-refractivity contribution < 1.29 is 4.74 Å². The van der Waals surface area contributed by atoms with E-state index in [1.54, 1.807) is 0 Å². The van der Waals surface area contributed by atoms with Gasteiger partial charge in [-0.15, -0.1) is 0 Å². The minimum absolute atomic E-state index is 0.435. The standard InChI is InChI=1S/C15H27N3O/c1-4-12-9-14(18(3)17-12)10-13(16-2)11-15-7-5-6-8-19-15/h9,13,15-16H,4-8,10-11H2,1-3H3. The van der Waals surface area contributed by atoms with Crippen LogP contribution in [0.2, 0.25) is 0 Å². The third-order valence-electron chi connectivity index (χ3n) is 4.07. The zero-order valence-corrected chi connectivity index (χ0v) is 12.5. The zero-order chi connectivity index (χ0) is 13.7. The molecule has 4 heteroatoms. The predicted octanol–water partition coefficient (Wildman–Crippen LogP) is 2.07. The maximum absolute atomic E-state index is 5.84. The molecule has 0 radical (unpaired) electrons. The Kier molecular flexibility index (Phi) is 5.40. The van der Waals surface area contributed by atoms with E-state index in [2.05, 4.69) is 23.4 Å². The Morgan fingerprint density at radius 3 is 2.95 bits per heavy atom.